The number of carbonyl (C=O) groups excluding carboxylic acids is 1. The molecule has 2 atom stereocenters. The lowest BCUT2D eigenvalue weighted by atomic mass is 10.1. The summed E-state index contributed by atoms with van der Waals surface area (Å²) in [6, 6.07) is 17.1. The zero-order valence-corrected chi connectivity index (χ0v) is 17.2. The molecule has 0 bridgehead atoms. The van der Waals surface area contributed by atoms with Gasteiger partial charge in [0.15, 0.2) is 0 Å². The molecule has 156 valence electrons. The first-order valence-electron chi connectivity index (χ1n) is 10.5. The van der Waals surface area contributed by atoms with Gasteiger partial charge in [-0.2, -0.15) is 0 Å². The van der Waals surface area contributed by atoms with Crippen LogP contribution in [0.3, 0.4) is 0 Å². The van der Waals surface area contributed by atoms with Gasteiger partial charge in [0.05, 0.1) is 17.3 Å². The van der Waals surface area contributed by atoms with Crippen LogP contribution in [0.4, 0.5) is 0 Å². The molecule has 4 aromatic rings. The molecule has 2 heterocycles. The van der Waals surface area contributed by atoms with Gasteiger partial charge >= 0.3 is 0 Å². The maximum Gasteiger partial charge on any atom is 0.252 e. The van der Waals surface area contributed by atoms with Gasteiger partial charge in [-0.3, -0.25) is 4.79 Å². The highest BCUT2D eigenvalue weighted by Crippen LogP contribution is 2.26. The van der Waals surface area contributed by atoms with Crippen molar-refractivity contribution in [3.05, 3.63) is 77.6 Å². The van der Waals surface area contributed by atoms with Crippen molar-refractivity contribution in [2.45, 2.75) is 38.4 Å². The van der Waals surface area contributed by atoms with E-state index in [1.54, 1.807) is 12.1 Å². The Hall–Kier alpha value is -3.81. The number of nitrogens with one attached hydrogen (secondary N) is 1. The van der Waals surface area contributed by atoms with Crippen LogP contribution in [0.5, 0.6) is 0 Å². The molecular formula is C23H23N7O. The Morgan fingerprint density at radius 2 is 1.81 bits per heavy atom. The highest BCUT2D eigenvalue weighted by molar-refractivity contribution is 5.94. The number of benzene rings is 2. The highest BCUT2D eigenvalue weighted by Gasteiger charge is 2.25. The summed E-state index contributed by atoms with van der Waals surface area (Å²) in [6.45, 7) is 2.08. The molecule has 1 amide bonds. The molecule has 5 rings (SSSR count). The molecule has 1 aliphatic carbocycles. The number of hydrogen-bond donors (Lipinski definition) is 1. The average Bonchev–Trinajstić information content (AvgIpc) is 3.44. The van der Waals surface area contributed by atoms with E-state index in [1.807, 2.05) is 57.9 Å². The molecule has 1 aliphatic rings. The topological polar surface area (TPSA) is 90.5 Å². The van der Waals surface area contributed by atoms with Crippen LogP contribution in [0.25, 0.3) is 17.1 Å². The van der Waals surface area contributed by atoms with Crippen LogP contribution in [-0.4, -0.2) is 35.9 Å². The van der Waals surface area contributed by atoms with E-state index in [0.29, 0.717) is 12.0 Å². The van der Waals surface area contributed by atoms with E-state index in [2.05, 4.69) is 38.9 Å². The van der Waals surface area contributed by atoms with Crippen molar-refractivity contribution in [2.24, 2.45) is 0 Å². The lowest BCUT2D eigenvalue weighted by Crippen LogP contribution is -2.35. The van der Waals surface area contributed by atoms with E-state index in [1.165, 1.54) is 0 Å². The van der Waals surface area contributed by atoms with E-state index in [-0.39, 0.29) is 18.1 Å². The summed E-state index contributed by atoms with van der Waals surface area (Å²) in [4.78, 5) is 13.0. The third-order valence-electron chi connectivity index (χ3n) is 5.63. The summed E-state index contributed by atoms with van der Waals surface area (Å²) < 4.78 is 3.76. The molecule has 0 spiro atoms. The van der Waals surface area contributed by atoms with Gasteiger partial charge in [-0.05, 0) is 50.1 Å². The third kappa shape index (κ3) is 3.72. The molecule has 8 heteroatoms. The second-order valence-corrected chi connectivity index (χ2v) is 7.77. The van der Waals surface area contributed by atoms with Crippen LogP contribution in [0.1, 0.15) is 53.7 Å². The van der Waals surface area contributed by atoms with E-state index in [4.69, 9.17) is 0 Å². The van der Waals surface area contributed by atoms with Crippen LogP contribution in [0.2, 0.25) is 0 Å². The van der Waals surface area contributed by atoms with Crippen LogP contribution in [-0.2, 0) is 6.42 Å². The summed E-state index contributed by atoms with van der Waals surface area (Å²) in [5.74, 6) is -0.142. The Morgan fingerprint density at radius 1 is 1.03 bits per heavy atom. The van der Waals surface area contributed by atoms with Crippen LogP contribution < -0.4 is 5.32 Å². The number of nitrogens with zero attached hydrogens (tertiary/aromatic N) is 6. The van der Waals surface area contributed by atoms with Crippen LogP contribution >= 0.6 is 0 Å². The van der Waals surface area contributed by atoms with Crippen molar-refractivity contribution >= 4 is 23.0 Å². The molecular weight excluding hydrogens is 390 g/mol. The van der Waals surface area contributed by atoms with Crippen molar-refractivity contribution in [3.63, 3.8) is 0 Å². The molecule has 8 nitrogen and oxygen atoms in total. The third-order valence-corrected chi connectivity index (χ3v) is 5.63. The Balaban J connectivity index is 1.47. The summed E-state index contributed by atoms with van der Waals surface area (Å²) in [5, 5.41) is 20.5. The average molecular weight is 413 g/mol. The zero-order valence-electron chi connectivity index (χ0n) is 17.2. The fourth-order valence-corrected chi connectivity index (χ4v) is 4.04. The molecule has 0 aliphatic heterocycles. The monoisotopic (exact) mass is 413 g/mol. The Bertz CT molecular complexity index is 1240. The number of para-hydroxylation sites is 1. The highest BCUT2D eigenvalue weighted by atomic mass is 16.1. The maximum absolute atomic E-state index is 13.0. The number of amides is 1. The second-order valence-electron chi connectivity index (χ2n) is 7.77. The van der Waals surface area contributed by atoms with Gasteiger partial charge in [0, 0.05) is 12.0 Å². The fraction of sp³-hybridized carbons (Fsp3) is 0.261. The molecule has 2 aromatic heterocycles. The van der Waals surface area contributed by atoms with Crippen LogP contribution in [0.15, 0.2) is 60.7 Å². The second kappa shape index (κ2) is 8.14. The lowest BCUT2D eigenvalue weighted by molar-refractivity contribution is 0.0903. The first-order valence-corrected chi connectivity index (χ1v) is 10.5. The minimum atomic E-state index is -0.367. The lowest BCUT2D eigenvalue weighted by Gasteiger charge is -2.24. The van der Waals surface area contributed by atoms with E-state index in [0.717, 1.165) is 35.3 Å². The summed E-state index contributed by atoms with van der Waals surface area (Å²) in [6.07, 6.45) is 6.09. The number of hydrogen-bond acceptors (Lipinski definition) is 5. The molecule has 0 fully saturated rings. The van der Waals surface area contributed by atoms with Gasteiger partial charge in [-0.1, -0.05) is 46.8 Å². The normalized spacial score (nSPS) is 14.9. The number of allylic oxidation sites excluding steroid dienone is 1. The van der Waals surface area contributed by atoms with Crippen molar-refractivity contribution in [1.82, 2.24) is 35.3 Å². The van der Waals surface area contributed by atoms with Crippen molar-refractivity contribution < 1.29 is 4.79 Å². The quantitative estimate of drug-likeness (QED) is 0.522. The molecule has 2 unspecified atom stereocenters. The number of fused-ring (bicyclic) bond motifs is 2. The van der Waals surface area contributed by atoms with Gasteiger partial charge in [-0.15, -0.1) is 10.2 Å². The summed E-state index contributed by atoms with van der Waals surface area (Å²) >= 11 is 0. The Kier molecular flexibility index (Phi) is 5.03. The first kappa shape index (κ1) is 19.2. The fourth-order valence-electron chi connectivity index (χ4n) is 4.04. The van der Waals surface area contributed by atoms with Crippen molar-refractivity contribution in [3.8, 4) is 0 Å². The molecule has 0 saturated carbocycles. The van der Waals surface area contributed by atoms with E-state index in [9.17, 15) is 4.79 Å². The van der Waals surface area contributed by atoms with Crippen molar-refractivity contribution in [2.75, 3.05) is 0 Å². The maximum atomic E-state index is 13.0. The predicted molar refractivity (Wildman–Crippen MR) is 117 cm³/mol. The number of rotatable bonds is 6. The van der Waals surface area contributed by atoms with Gasteiger partial charge in [-0.25, -0.2) is 9.36 Å². The van der Waals surface area contributed by atoms with Gasteiger partial charge in [0.2, 0.25) is 0 Å². The van der Waals surface area contributed by atoms with E-state index < -0.39 is 0 Å². The number of aromatic nitrogens is 6. The molecule has 31 heavy (non-hydrogen) atoms. The standard InChI is InChI=1S/C23H23N7O/c1-16(29-20-13-7-5-11-18(20)25-27-29)15-22(24-23(31)17-9-3-2-4-10-17)30-21-14-8-6-12-19(21)26-28-30/h2-7,9-13,16,22H,8,14-15H2,1H3,(H,24,31). The zero-order chi connectivity index (χ0) is 21.2. The largest absolute Gasteiger partial charge is 0.330 e. The Labute approximate surface area is 179 Å². The van der Waals surface area contributed by atoms with Gasteiger partial charge in [0.25, 0.3) is 5.91 Å². The molecule has 1 N–H and O–H groups in total. The molecule has 0 radical (unpaired) electrons. The van der Waals surface area contributed by atoms with Crippen LogP contribution in [0, 0.1) is 0 Å². The number of carbonyl (C=O) groups is 1. The summed E-state index contributed by atoms with van der Waals surface area (Å²) in [5.41, 5.74) is 4.33. The van der Waals surface area contributed by atoms with Gasteiger partial charge in [0.1, 0.15) is 17.4 Å². The summed E-state index contributed by atoms with van der Waals surface area (Å²) in [7, 11) is 0. The SMILES string of the molecule is CC(CC(NC(=O)c1ccccc1)n1nnc2c1CCC=C2)n1nnc2ccccc21. The molecule has 0 saturated heterocycles. The molecule has 2 aromatic carbocycles. The predicted octanol–water partition coefficient (Wildman–Crippen LogP) is 3.56. The minimum absolute atomic E-state index is 0.0209. The smallest absolute Gasteiger partial charge is 0.252 e. The van der Waals surface area contributed by atoms with E-state index >= 15 is 0 Å². The van der Waals surface area contributed by atoms with Crippen molar-refractivity contribution in [1.29, 1.82) is 0 Å². The minimum Gasteiger partial charge on any atom is -0.330 e. The Morgan fingerprint density at radius 3 is 2.68 bits per heavy atom. The first-order chi connectivity index (χ1) is 15.2. The van der Waals surface area contributed by atoms with Gasteiger partial charge < -0.3 is 5.32 Å².